The van der Waals surface area contributed by atoms with Gasteiger partial charge in [-0.3, -0.25) is 4.98 Å². The summed E-state index contributed by atoms with van der Waals surface area (Å²) in [7, 11) is 0. The van der Waals surface area contributed by atoms with Gasteiger partial charge in [0, 0.05) is 30.4 Å². The first kappa shape index (κ1) is 15.7. The van der Waals surface area contributed by atoms with Gasteiger partial charge in [-0.05, 0) is 50.8 Å². The van der Waals surface area contributed by atoms with Crippen LogP contribution in [0.15, 0.2) is 48.8 Å². The van der Waals surface area contributed by atoms with Gasteiger partial charge in [-0.1, -0.05) is 36.4 Å². The minimum Gasteiger partial charge on any atom is -0.311 e. The Balaban J connectivity index is 2.16. The van der Waals surface area contributed by atoms with Crippen LogP contribution >= 0.6 is 0 Å². The monoisotopic (exact) mass is 282 g/mol. The normalized spacial score (nSPS) is 13.1. The second kappa shape index (κ2) is 6.86. The van der Waals surface area contributed by atoms with Crippen molar-refractivity contribution in [1.82, 2.24) is 10.3 Å². The summed E-state index contributed by atoms with van der Waals surface area (Å²) in [6, 6.07) is 13.0. The van der Waals surface area contributed by atoms with Gasteiger partial charge in [0.2, 0.25) is 0 Å². The highest BCUT2D eigenvalue weighted by Crippen LogP contribution is 2.21. The average molecular weight is 282 g/mol. The molecule has 0 amide bonds. The number of nitrogens with zero attached hydrogens (tertiary/aromatic N) is 1. The number of rotatable bonds is 5. The van der Waals surface area contributed by atoms with Crippen LogP contribution in [0.1, 0.15) is 43.4 Å². The molecule has 1 atom stereocenters. The lowest BCUT2D eigenvalue weighted by Gasteiger charge is -2.26. The summed E-state index contributed by atoms with van der Waals surface area (Å²) >= 11 is 0. The zero-order chi connectivity index (χ0) is 15.3. The fourth-order valence-electron chi connectivity index (χ4n) is 2.48. The van der Waals surface area contributed by atoms with Gasteiger partial charge in [-0.25, -0.2) is 0 Å². The van der Waals surface area contributed by atoms with Crippen molar-refractivity contribution in [2.24, 2.45) is 0 Å². The molecule has 0 radical (unpaired) electrons. The highest BCUT2D eigenvalue weighted by Gasteiger charge is 2.16. The minimum absolute atomic E-state index is 0.137. The molecular weight excluding hydrogens is 256 g/mol. The molecule has 0 fully saturated rings. The van der Waals surface area contributed by atoms with Gasteiger partial charge in [0.25, 0.3) is 0 Å². The molecule has 0 aliphatic rings. The summed E-state index contributed by atoms with van der Waals surface area (Å²) in [6.45, 7) is 9.71. The van der Waals surface area contributed by atoms with Crippen LogP contribution in [0.4, 0.5) is 0 Å². The Morgan fingerprint density at radius 2 is 1.81 bits per heavy atom. The van der Waals surface area contributed by atoms with Gasteiger partial charge in [0.15, 0.2) is 0 Å². The lowest BCUT2D eigenvalue weighted by molar-refractivity contribution is 0.405. The molecule has 0 saturated heterocycles. The third kappa shape index (κ3) is 5.31. The van der Waals surface area contributed by atoms with Crippen molar-refractivity contribution in [3.05, 3.63) is 65.5 Å². The lowest BCUT2D eigenvalue weighted by Crippen LogP contribution is -2.39. The van der Waals surface area contributed by atoms with Crippen LogP contribution in [0, 0.1) is 6.92 Å². The van der Waals surface area contributed by atoms with E-state index in [0.29, 0.717) is 5.92 Å². The second-order valence-electron chi connectivity index (χ2n) is 6.81. The van der Waals surface area contributed by atoms with Gasteiger partial charge >= 0.3 is 0 Å². The molecule has 0 spiro atoms. The molecule has 1 unspecified atom stereocenters. The van der Waals surface area contributed by atoms with E-state index in [-0.39, 0.29) is 5.54 Å². The number of aromatic nitrogens is 1. The Morgan fingerprint density at radius 1 is 1.10 bits per heavy atom. The van der Waals surface area contributed by atoms with Crippen molar-refractivity contribution < 1.29 is 0 Å². The maximum absolute atomic E-state index is 4.32. The van der Waals surface area contributed by atoms with Crippen LogP contribution in [0.5, 0.6) is 0 Å². The van der Waals surface area contributed by atoms with E-state index in [1.807, 2.05) is 12.4 Å². The fourth-order valence-corrected chi connectivity index (χ4v) is 2.48. The number of aryl methyl sites for hydroxylation is 1. The van der Waals surface area contributed by atoms with Crippen molar-refractivity contribution in [2.75, 3.05) is 6.54 Å². The summed E-state index contributed by atoms with van der Waals surface area (Å²) in [4.78, 5) is 4.32. The quantitative estimate of drug-likeness (QED) is 0.893. The van der Waals surface area contributed by atoms with Crippen LogP contribution in [-0.2, 0) is 6.42 Å². The van der Waals surface area contributed by atoms with Crippen LogP contribution in [-0.4, -0.2) is 17.1 Å². The molecule has 1 aromatic carbocycles. The van der Waals surface area contributed by atoms with Crippen LogP contribution in [0.2, 0.25) is 0 Å². The summed E-state index contributed by atoms with van der Waals surface area (Å²) < 4.78 is 0. The molecule has 0 bridgehead atoms. The molecule has 0 aliphatic carbocycles. The minimum atomic E-state index is 0.137. The number of hydrogen-bond acceptors (Lipinski definition) is 2. The fraction of sp³-hybridized carbons (Fsp3) is 0.421. The Kier molecular flexibility index (Phi) is 5.13. The highest BCUT2D eigenvalue weighted by atomic mass is 14.9. The Labute approximate surface area is 128 Å². The zero-order valence-electron chi connectivity index (χ0n) is 13.6. The van der Waals surface area contributed by atoms with E-state index in [1.165, 1.54) is 16.7 Å². The molecular formula is C19H26N2. The van der Waals surface area contributed by atoms with Crippen molar-refractivity contribution in [2.45, 2.75) is 45.6 Å². The number of nitrogens with one attached hydrogen (secondary N) is 1. The van der Waals surface area contributed by atoms with E-state index < -0.39 is 0 Å². The van der Waals surface area contributed by atoms with E-state index >= 15 is 0 Å². The standard InChI is InChI=1S/C19H26N2/c1-15-10-16(13-20-12-15)11-18(14-21-19(2,3)4)17-8-6-5-7-9-17/h5-10,12-13,18,21H,11,14H2,1-4H3. The first-order valence-corrected chi connectivity index (χ1v) is 7.64. The van der Waals surface area contributed by atoms with E-state index in [2.05, 4.69) is 74.4 Å². The van der Waals surface area contributed by atoms with Crippen molar-refractivity contribution >= 4 is 0 Å². The molecule has 2 heteroatoms. The van der Waals surface area contributed by atoms with E-state index in [4.69, 9.17) is 0 Å². The summed E-state index contributed by atoms with van der Waals surface area (Å²) in [6.07, 6.45) is 4.91. The first-order valence-electron chi connectivity index (χ1n) is 7.64. The molecule has 112 valence electrons. The number of benzene rings is 1. The smallest absolute Gasteiger partial charge is 0.0300 e. The molecule has 2 nitrogen and oxygen atoms in total. The van der Waals surface area contributed by atoms with E-state index in [0.717, 1.165) is 13.0 Å². The van der Waals surface area contributed by atoms with Crippen LogP contribution in [0.3, 0.4) is 0 Å². The molecule has 0 aliphatic heterocycles. The molecule has 1 aromatic heterocycles. The molecule has 21 heavy (non-hydrogen) atoms. The number of hydrogen-bond donors (Lipinski definition) is 1. The molecule has 0 saturated carbocycles. The average Bonchev–Trinajstić information content (AvgIpc) is 2.43. The van der Waals surface area contributed by atoms with Gasteiger partial charge < -0.3 is 5.32 Å². The molecule has 2 aromatic rings. The second-order valence-corrected chi connectivity index (χ2v) is 6.81. The SMILES string of the molecule is Cc1cncc(CC(CNC(C)(C)C)c2ccccc2)c1. The zero-order valence-corrected chi connectivity index (χ0v) is 13.6. The first-order chi connectivity index (χ1) is 9.94. The van der Waals surface area contributed by atoms with Crippen molar-refractivity contribution in [3.8, 4) is 0 Å². The molecule has 2 rings (SSSR count). The lowest BCUT2D eigenvalue weighted by atomic mass is 9.91. The summed E-state index contributed by atoms with van der Waals surface area (Å²) in [5.74, 6) is 0.467. The summed E-state index contributed by atoms with van der Waals surface area (Å²) in [5, 5.41) is 3.63. The predicted molar refractivity (Wildman–Crippen MR) is 89.6 cm³/mol. The van der Waals surface area contributed by atoms with Crippen LogP contribution in [0.25, 0.3) is 0 Å². The maximum atomic E-state index is 4.32. The third-order valence-corrected chi connectivity index (χ3v) is 3.56. The topological polar surface area (TPSA) is 24.9 Å². The van der Waals surface area contributed by atoms with Crippen molar-refractivity contribution in [3.63, 3.8) is 0 Å². The Bertz CT molecular complexity index is 555. The number of pyridine rings is 1. The van der Waals surface area contributed by atoms with Crippen LogP contribution < -0.4 is 5.32 Å². The molecule has 1 N–H and O–H groups in total. The Morgan fingerprint density at radius 3 is 2.43 bits per heavy atom. The van der Waals surface area contributed by atoms with E-state index in [9.17, 15) is 0 Å². The van der Waals surface area contributed by atoms with Gasteiger partial charge in [-0.15, -0.1) is 0 Å². The van der Waals surface area contributed by atoms with Gasteiger partial charge in [0.1, 0.15) is 0 Å². The van der Waals surface area contributed by atoms with Gasteiger partial charge in [0.05, 0.1) is 0 Å². The molecule has 1 heterocycles. The summed E-state index contributed by atoms with van der Waals surface area (Å²) in [5.41, 5.74) is 4.05. The third-order valence-electron chi connectivity index (χ3n) is 3.56. The van der Waals surface area contributed by atoms with E-state index in [1.54, 1.807) is 0 Å². The maximum Gasteiger partial charge on any atom is 0.0300 e. The highest BCUT2D eigenvalue weighted by molar-refractivity contribution is 5.25. The van der Waals surface area contributed by atoms with Gasteiger partial charge in [-0.2, -0.15) is 0 Å². The van der Waals surface area contributed by atoms with Crippen molar-refractivity contribution in [1.29, 1.82) is 0 Å². The predicted octanol–water partition coefficient (Wildman–Crippen LogP) is 4.10. The largest absolute Gasteiger partial charge is 0.311 e. The Hall–Kier alpha value is -1.67.